The van der Waals surface area contributed by atoms with Gasteiger partial charge in [0, 0.05) is 17.4 Å². The summed E-state index contributed by atoms with van der Waals surface area (Å²) in [5.41, 5.74) is 3.34. The molecule has 0 bridgehead atoms. The SMILES string of the molecule is COc1ccc(Nc2ccc3nnc(-c4cc(OC)c(OC)c(OC)c4)n3c2)cc1. The van der Waals surface area contributed by atoms with Crippen molar-refractivity contribution in [1.82, 2.24) is 14.6 Å². The standard InChI is InChI=1S/C22H22N4O4/c1-27-17-8-5-15(6-9-17)23-16-7-10-20-24-25-22(26(20)13-16)14-11-18(28-2)21(30-4)19(12-14)29-3/h5-13,23H,1-4H3. The van der Waals surface area contributed by atoms with Gasteiger partial charge in [-0.25, -0.2) is 0 Å². The van der Waals surface area contributed by atoms with Crippen LogP contribution in [0.1, 0.15) is 0 Å². The van der Waals surface area contributed by atoms with E-state index in [0.717, 1.165) is 28.3 Å². The lowest BCUT2D eigenvalue weighted by Gasteiger charge is -2.13. The van der Waals surface area contributed by atoms with Crippen LogP contribution in [0.25, 0.3) is 17.0 Å². The Labute approximate surface area is 174 Å². The van der Waals surface area contributed by atoms with Gasteiger partial charge in [-0.15, -0.1) is 10.2 Å². The number of benzene rings is 2. The molecule has 0 atom stereocenters. The molecule has 0 saturated carbocycles. The Morgan fingerprint density at radius 2 is 1.40 bits per heavy atom. The smallest absolute Gasteiger partial charge is 0.203 e. The fourth-order valence-electron chi connectivity index (χ4n) is 3.21. The molecule has 2 heterocycles. The van der Waals surface area contributed by atoms with E-state index in [1.807, 2.05) is 59.1 Å². The largest absolute Gasteiger partial charge is 0.497 e. The van der Waals surface area contributed by atoms with Crippen LogP contribution in [0, 0.1) is 0 Å². The average molecular weight is 406 g/mol. The molecule has 0 saturated heterocycles. The minimum atomic E-state index is 0.527. The van der Waals surface area contributed by atoms with Gasteiger partial charge in [-0.05, 0) is 48.5 Å². The molecule has 1 N–H and O–H groups in total. The number of fused-ring (bicyclic) bond motifs is 1. The molecular weight excluding hydrogens is 384 g/mol. The van der Waals surface area contributed by atoms with Crippen LogP contribution in [0.3, 0.4) is 0 Å². The number of anilines is 2. The molecule has 2 aromatic carbocycles. The Morgan fingerprint density at radius 1 is 0.733 bits per heavy atom. The number of nitrogens with one attached hydrogen (secondary N) is 1. The van der Waals surface area contributed by atoms with E-state index in [9.17, 15) is 0 Å². The molecule has 4 aromatic rings. The molecule has 8 heteroatoms. The zero-order valence-corrected chi connectivity index (χ0v) is 17.2. The fraction of sp³-hybridized carbons (Fsp3) is 0.182. The highest BCUT2D eigenvalue weighted by atomic mass is 16.5. The van der Waals surface area contributed by atoms with E-state index in [1.54, 1.807) is 28.4 Å². The summed E-state index contributed by atoms with van der Waals surface area (Å²) in [6, 6.07) is 15.3. The maximum atomic E-state index is 5.47. The molecule has 0 aliphatic heterocycles. The first kappa shape index (κ1) is 19.4. The molecule has 0 aliphatic carbocycles. The van der Waals surface area contributed by atoms with E-state index in [1.165, 1.54) is 0 Å². The first-order valence-electron chi connectivity index (χ1n) is 9.23. The second-order valence-corrected chi connectivity index (χ2v) is 6.44. The van der Waals surface area contributed by atoms with Gasteiger partial charge in [-0.2, -0.15) is 0 Å². The normalized spacial score (nSPS) is 10.7. The van der Waals surface area contributed by atoms with Gasteiger partial charge in [0.1, 0.15) is 5.75 Å². The first-order valence-corrected chi connectivity index (χ1v) is 9.23. The minimum Gasteiger partial charge on any atom is -0.497 e. The summed E-state index contributed by atoms with van der Waals surface area (Å²) in [7, 11) is 6.39. The molecule has 154 valence electrons. The predicted octanol–water partition coefficient (Wildman–Crippen LogP) is 4.17. The topological polar surface area (TPSA) is 79.1 Å². The summed E-state index contributed by atoms with van der Waals surface area (Å²) in [6.07, 6.45) is 1.94. The van der Waals surface area contributed by atoms with E-state index in [2.05, 4.69) is 15.5 Å². The number of rotatable bonds is 7. The van der Waals surface area contributed by atoms with Crippen molar-refractivity contribution in [3.8, 4) is 34.4 Å². The third-order valence-corrected chi connectivity index (χ3v) is 4.70. The maximum Gasteiger partial charge on any atom is 0.203 e. The lowest BCUT2D eigenvalue weighted by Crippen LogP contribution is -1.98. The zero-order valence-electron chi connectivity index (χ0n) is 17.2. The highest BCUT2D eigenvalue weighted by Gasteiger charge is 2.17. The quantitative estimate of drug-likeness (QED) is 0.493. The second kappa shape index (κ2) is 8.20. The van der Waals surface area contributed by atoms with Crippen LogP contribution in [0.4, 0.5) is 11.4 Å². The number of hydrogen-bond donors (Lipinski definition) is 1. The average Bonchev–Trinajstić information content (AvgIpc) is 3.21. The summed E-state index contributed by atoms with van der Waals surface area (Å²) in [4.78, 5) is 0. The molecule has 2 aromatic heterocycles. The Hall–Kier alpha value is -3.94. The van der Waals surface area contributed by atoms with Gasteiger partial charge in [-0.1, -0.05) is 0 Å². The monoisotopic (exact) mass is 406 g/mol. The number of ether oxygens (including phenoxy) is 4. The number of aromatic nitrogens is 3. The fourth-order valence-corrected chi connectivity index (χ4v) is 3.21. The molecular formula is C22H22N4O4. The highest BCUT2D eigenvalue weighted by molar-refractivity contribution is 5.70. The van der Waals surface area contributed by atoms with Crippen LogP contribution in [0.15, 0.2) is 54.7 Å². The predicted molar refractivity (Wildman–Crippen MR) is 114 cm³/mol. The van der Waals surface area contributed by atoms with Crippen LogP contribution < -0.4 is 24.3 Å². The first-order chi connectivity index (χ1) is 14.7. The van der Waals surface area contributed by atoms with Crippen molar-refractivity contribution >= 4 is 17.0 Å². The van der Waals surface area contributed by atoms with Gasteiger partial charge >= 0.3 is 0 Å². The second-order valence-electron chi connectivity index (χ2n) is 6.44. The van der Waals surface area contributed by atoms with Crippen LogP contribution in [-0.2, 0) is 0 Å². The number of nitrogens with zero attached hydrogens (tertiary/aromatic N) is 3. The van der Waals surface area contributed by atoms with Gasteiger partial charge in [0.05, 0.1) is 34.1 Å². The summed E-state index contributed by atoms with van der Waals surface area (Å²) < 4.78 is 23.5. The maximum absolute atomic E-state index is 5.47. The summed E-state index contributed by atoms with van der Waals surface area (Å²) in [5.74, 6) is 3.09. The lowest BCUT2D eigenvalue weighted by atomic mass is 10.1. The Bertz CT molecular complexity index is 1150. The van der Waals surface area contributed by atoms with Crippen molar-refractivity contribution in [2.24, 2.45) is 0 Å². The minimum absolute atomic E-state index is 0.527. The van der Waals surface area contributed by atoms with Crippen molar-refractivity contribution in [2.75, 3.05) is 33.8 Å². The van der Waals surface area contributed by atoms with E-state index < -0.39 is 0 Å². The van der Waals surface area contributed by atoms with Crippen LogP contribution in [-0.4, -0.2) is 43.0 Å². The molecule has 0 aliphatic rings. The van der Waals surface area contributed by atoms with E-state index in [4.69, 9.17) is 18.9 Å². The third kappa shape index (κ3) is 3.55. The number of methoxy groups -OCH3 is 4. The van der Waals surface area contributed by atoms with Crippen molar-refractivity contribution in [3.05, 3.63) is 54.7 Å². The van der Waals surface area contributed by atoms with Crippen molar-refractivity contribution in [1.29, 1.82) is 0 Å². The molecule has 8 nitrogen and oxygen atoms in total. The zero-order chi connectivity index (χ0) is 21.1. The summed E-state index contributed by atoms with van der Waals surface area (Å²) in [5, 5.41) is 12.0. The third-order valence-electron chi connectivity index (χ3n) is 4.70. The highest BCUT2D eigenvalue weighted by Crippen LogP contribution is 2.41. The molecule has 30 heavy (non-hydrogen) atoms. The van der Waals surface area contributed by atoms with E-state index in [-0.39, 0.29) is 0 Å². The van der Waals surface area contributed by atoms with Crippen molar-refractivity contribution in [3.63, 3.8) is 0 Å². The Morgan fingerprint density at radius 3 is 2.00 bits per heavy atom. The summed E-state index contributed by atoms with van der Waals surface area (Å²) >= 11 is 0. The lowest BCUT2D eigenvalue weighted by molar-refractivity contribution is 0.324. The van der Waals surface area contributed by atoms with Crippen LogP contribution in [0.5, 0.6) is 23.0 Å². The van der Waals surface area contributed by atoms with Gasteiger partial charge in [-0.3, -0.25) is 4.40 Å². The van der Waals surface area contributed by atoms with E-state index >= 15 is 0 Å². The molecule has 0 unspecified atom stereocenters. The van der Waals surface area contributed by atoms with E-state index in [0.29, 0.717) is 23.1 Å². The molecule has 0 fully saturated rings. The molecule has 0 spiro atoms. The van der Waals surface area contributed by atoms with Crippen molar-refractivity contribution < 1.29 is 18.9 Å². The molecule has 4 rings (SSSR count). The number of hydrogen-bond acceptors (Lipinski definition) is 7. The van der Waals surface area contributed by atoms with Gasteiger partial charge in [0.25, 0.3) is 0 Å². The van der Waals surface area contributed by atoms with Gasteiger partial charge in [0.15, 0.2) is 23.0 Å². The molecule has 0 radical (unpaired) electrons. The summed E-state index contributed by atoms with van der Waals surface area (Å²) in [6.45, 7) is 0. The van der Waals surface area contributed by atoms with Crippen LogP contribution in [0.2, 0.25) is 0 Å². The molecule has 0 amide bonds. The Balaban J connectivity index is 1.74. The number of pyridine rings is 1. The van der Waals surface area contributed by atoms with Gasteiger partial charge in [0.2, 0.25) is 5.75 Å². The van der Waals surface area contributed by atoms with Crippen LogP contribution >= 0.6 is 0 Å². The van der Waals surface area contributed by atoms with Gasteiger partial charge < -0.3 is 24.3 Å². The van der Waals surface area contributed by atoms with Crippen molar-refractivity contribution in [2.45, 2.75) is 0 Å². The Kier molecular flexibility index (Phi) is 5.30.